The number of amides is 1. The van der Waals surface area contributed by atoms with Gasteiger partial charge in [-0.05, 0) is 70.5 Å². The summed E-state index contributed by atoms with van der Waals surface area (Å²) in [4.78, 5) is 17.3. The molecule has 0 spiro atoms. The van der Waals surface area contributed by atoms with Crippen LogP contribution in [0.25, 0.3) is 0 Å². The zero-order valence-electron chi connectivity index (χ0n) is 17.1. The molecule has 7 heteroatoms. The molecular formula is C21H35Cl2N3O2. The van der Waals surface area contributed by atoms with Crippen molar-refractivity contribution < 1.29 is 9.53 Å². The molecule has 160 valence electrons. The minimum absolute atomic E-state index is 0. The predicted molar refractivity (Wildman–Crippen MR) is 119 cm³/mol. The number of nitrogens with one attached hydrogen (secondary N) is 1. The van der Waals surface area contributed by atoms with Crippen LogP contribution in [0, 0.1) is 0 Å². The first-order valence-corrected chi connectivity index (χ1v) is 10.1. The summed E-state index contributed by atoms with van der Waals surface area (Å²) in [5.41, 5.74) is 0.742. The summed E-state index contributed by atoms with van der Waals surface area (Å²) < 4.78 is 5.86. The van der Waals surface area contributed by atoms with Crippen molar-refractivity contribution in [3.63, 3.8) is 0 Å². The van der Waals surface area contributed by atoms with E-state index in [0.29, 0.717) is 0 Å². The quantitative estimate of drug-likeness (QED) is 0.698. The molecule has 2 aliphatic rings. The number of ether oxygens (including phenoxy) is 1. The van der Waals surface area contributed by atoms with Gasteiger partial charge in [0.25, 0.3) is 5.91 Å². The van der Waals surface area contributed by atoms with E-state index in [-0.39, 0.29) is 42.8 Å². The summed E-state index contributed by atoms with van der Waals surface area (Å²) in [7, 11) is 0. The van der Waals surface area contributed by atoms with Gasteiger partial charge in [-0.2, -0.15) is 0 Å². The lowest BCUT2D eigenvalue weighted by Crippen LogP contribution is -2.57. The van der Waals surface area contributed by atoms with Crippen LogP contribution in [0.3, 0.4) is 0 Å². The van der Waals surface area contributed by atoms with E-state index in [4.69, 9.17) is 4.74 Å². The van der Waals surface area contributed by atoms with Crippen LogP contribution < -0.4 is 10.1 Å². The molecule has 2 aliphatic heterocycles. The van der Waals surface area contributed by atoms with Gasteiger partial charge < -0.3 is 19.9 Å². The number of carbonyl (C=O) groups excluding carboxylic acids is 1. The molecule has 0 aromatic heterocycles. The van der Waals surface area contributed by atoms with Crippen molar-refractivity contribution in [3.8, 4) is 5.75 Å². The molecule has 2 fully saturated rings. The van der Waals surface area contributed by atoms with Crippen LogP contribution in [0.4, 0.5) is 0 Å². The van der Waals surface area contributed by atoms with Gasteiger partial charge in [-0.3, -0.25) is 4.79 Å². The van der Waals surface area contributed by atoms with Crippen molar-refractivity contribution in [3.05, 3.63) is 29.8 Å². The lowest BCUT2D eigenvalue weighted by atomic mass is 10.1. The van der Waals surface area contributed by atoms with Crippen LogP contribution in [0.1, 0.15) is 49.9 Å². The lowest BCUT2D eigenvalue weighted by Gasteiger charge is -2.39. The summed E-state index contributed by atoms with van der Waals surface area (Å²) >= 11 is 0. The Balaban J connectivity index is 0.00000196. The Morgan fingerprint density at radius 2 is 1.64 bits per heavy atom. The van der Waals surface area contributed by atoms with Gasteiger partial charge in [0.1, 0.15) is 5.75 Å². The first-order valence-electron chi connectivity index (χ1n) is 10.1. The Morgan fingerprint density at radius 1 is 1.04 bits per heavy atom. The fourth-order valence-corrected chi connectivity index (χ4v) is 4.04. The molecule has 0 unspecified atom stereocenters. The van der Waals surface area contributed by atoms with E-state index in [1.807, 2.05) is 29.2 Å². The Morgan fingerprint density at radius 3 is 2.25 bits per heavy atom. The molecule has 0 saturated carbocycles. The molecule has 28 heavy (non-hydrogen) atoms. The molecule has 3 rings (SSSR count). The van der Waals surface area contributed by atoms with E-state index < -0.39 is 0 Å². The molecule has 2 heterocycles. The highest BCUT2D eigenvalue weighted by Gasteiger charge is 2.29. The second kappa shape index (κ2) is 12.5. The van der Waals surface area contributed by atoms with Crippen LogP contribution in [0.5, 0.6) is 5.75 Å². The minimum Gasteiger partial charge on any atom is -0.494 e. The van der Waals surface area contributed by atoms with Crippen molar-refractivity contribution in [2.45, 2.75) is 51.6 Å². The second-order valence-electron chi connectivity index (χ2n) is 7.70. The van der Waals surface area contributed by atoms with Crippen LogP contribution in [-0.4, -0.2) is 67.1 Å². The van der Waals surface area contributed by atoms with Crippen LogP contribution in [-0.2, 0) is 0 Å². The lowest BCUT2D eigenvalue weighted by molar-refractivity contribution is 0.0544. The molecule has 2 atom stereocenters. The van der Waals surface area contributed by atoms with E-state index >= 15 is 0 Å². The molecule has 0 aliphatic carbocycles. The van der Waals surface area contributed by atoms with Crippen molar-refractivity contribution in [2.75, 3.05) is 39.3 Å². The standard InChI is InChI=1S/C21H33N3O2.2ClH/c1-17-15-22-16-18(2)24(17)21(25)19-7-9-20(10-8-19)26-14-6-13-23-11-4-3-5-12-23;;/h7-10,17-18,22H,3-6,11-16H2,1-2H3;2*1H/t17-,18+;;. The number of rotatable bonds is 6. The van der Waals surface area contributed by atoms with Crippen molar-refractivity contribution >= 4 is 30.7 Å². The number of hydrogen-bond donors (Lipinski definition) is 1. The van der Waals surface area contributed by atoms with Gasteiger partial charge >= 0.3 is 0 Å². The maximum absolute atomic E-state index is 12.8. The Hall–Kier alpha value is -1.01. The number of benzene rings is 1. The van der Waals surface area contributed by atoms with Crippen molar-refractivity contribution in [2.24, 2.45) is 0 Å². The predicted octanol–water partition coefficient (Wildman–Crippen LogP) is 3.61. The largest absolute Gasteiger partial charge is 0.494 e. The van der Waals surface area contributed by atoms with Gasteiger partial charge in [0.15, 0.2) is 0 Å². The Kier molecular flexibility index (Phi) is 11.2. The summed E-state index contributed by atoms with van der Waals surface area (Å²) in [6.07, 6.45) is 5.10. The zero-order valence-corrected chi connectivity index (χ0v) is 18.7. The number of hydrogen-bond acceptors (Lipinski definition) is 4. The van der Waals surface area contributed by atoms with Crippen molar-refractivity contribution in [1.29, 1.82) is 0 Å². The smallest absolute Gasteiger partial charge is 0.254 e. The first kappa shape index (κ1) is 25.0. The zero-order chi connectivity index (χ0) is 18.4. The van der Waals surface area contributed by atoms with Crippen LogP contribution >= 0.6 is 24.8 Å². The second-order valence-corrected chi connectivity index (χ2v) is 7.70. The summed E-state index contributed by atoms with van der Waals surface area (Å²) in [5.74, 6) is 0.963. The molecule has 1 aromatic carbocycles. The number of piperidine rings is 1. The third-order valence-electron chi connectivity index (χ3n) is 5.50. The van der Waals surface area contributed by atoms with Gasteiger partial charge in [0.05, 0.1) is 6.61 Å². The highest BCUT2D eigenvalue weighted by atomic mass is 35.5. The maximum Gasteiger partial charge on any atom is 0.254 e. The van der Waals surface area contributed by atoms with Crippen LogP contribution in [0.2, 0.25) is 0 Å². The number of carbonyl (C=O) groups is 1. The summed E-state index contributed by atoms with van der Waals surface area (Å²) in [6, 6.07) is 8.07. The summed E-state index contributed by atoms with van der Waals surface area (Å²) in [5, 5.41) is 3.36. The van der Waals surface area contributed by atoms with Crippen molar-refractivity contribution in [1.82, 2.24) is 15.1 Å². The topological polar surface area (TPSA) is 44.8 Å². The van der Waals surface area contributed by atoms with E-state index in [1.165, 1.54) is 32.4 Å². The SMILES string of the molecule is C[C@@H]1CNC[C@H](C)N1C(=O)c1ccc(OCCCN2CCCCC2)cc1.Cl.Cl. The third-order valence-corrected chi connectivity index (χ3v) is 5.50. The van der Waals surface area contributed by atoms with Crippen LogP contribution in [0.15, 0.2) is 24.3 Å². The third kappa shape index (κ3) is 6.80. The minimum atomic E-state index is 0. The van der Waals surface area contributed by atoms with Gasteiger partial charge in [-0.1, -0.05) is 6.42 Å². The average molecular weight is 432 g/mol. The molecule has 5 nitrogen and oxygen atoms in total. The molecular weight excluding hydrogens is 397 g/mol. The monoisotopic (exact) mass is 431 g/mol. The average Bonchev–Trinajstić information content (AvgIpc) is 2.66. The molecule has 0 bridgehead atoms. The Labute approximate surface area is 182 Å². The van der Waals surface area contributed by atoms with E-state index in [9.17, 15) is 4.79 Å². The highest BCUT2D eigenvalue weighted by molar-refractivity contribution is 5.94. The molecule has 1 N–H and O–H groups in total. The highest BCUT2D eigenvalue weighted by Crippen LogP contribution is 2.18. The van der Waals surface area contributed by atoms with E-state index in [1.54, 1.807) is 0 Å². The maximum atomic E-state index is 12.8. The van der Waals surface area contributed by atoms with Gasteiger partial charge in [0.2, 0.25) is 0 Å². The Bertz CT molecular complexity index is 570. The number of halogens is 2. The summed E-state index contributed by atoms with van der Waals surface area (Å²) in [6.45, 7) is 10.2. The number of piperazine rings is 1. The molecule has 0 radical (unpaired) electrons. The molecule has 1 aromatic rings. The fraction of sp³-hybridized carbons (Fsp3) is 0.667. The number of nitrogens with zero attached hydrogens (tertiary/aromatic N) is 2. The van der Waals surface area contributed by atoms with E-state index in [2.05, 4.69) is 24.1 Å². The number of likely N-dealkylation sites (tertiary alicyclic amines) is 1. The normalized spacial score (nSPS) is 22.7. The van der Waals surface area contributed by atoms with Gasteiger partial charge in [0, 0.05) is 37.3 Å². The van der Waals surface area contributed by atoms with E-state index in [0.717, 1.165) is 44.0 Å². The molecule has 2 saturated heterocycles. The first-order chi connectivity index (χ1) is 12.6. The molecule has 1 amide bonds. The van der Waals surface area contributed by atoms with Gasteiger partial charge in [-0.25, -0.2) is 0 Å². The van der Waals surface area contributed by atoms with Gasteiger partial charge in [-0.15, -0.1) is 24.8 Å². The fourth-order valence-electron chi connectivity index (χ4n) is 4.04.